The van der Waals surface area contributed by atoms with E-state index in [1.54, 1.807) is 23.5 Å². The fourth-order valence-electron chi connectivity index (χ4n) is 2.27. The summed E-state index contributed by atoms with van der Waals surface area (Å²) in [6, 6.07) is 12.5. The molecule has 0 amide bonds. The average molecular weight is 366 g/mol. The normalized spacial score (nSPS) is 12.7. The summed E-state index contributed by atoms with van der Waals surface area (Å²) in [4.78, 5) is 4.57. The number of hydrogen-bond donors (Lipinski definition) is 2. The highest BCUT2D eigenvalue weighted by Gasteiger charge is 2.19. The lowest BCUT2D eigenvalue weighted by Gasteiger charge is -2.17. The Morgan fingerprint density at radius 2 is 2.05 bits per heavy atom. The van der Waals surface area contributed by atoms with Gasteiger partial charge in [-0.25, -0.2) is 9.37 Å². The van der Waals surface area contributed by atoms with Gasteiger partial charge in [0.05, 0.1) is 21.3 Å². The predicted octanol–water partition coefficient (Wildman–Crippen LogP) is 3.95. The molecular formula is C15H13BrFN3S. The summed E-state index contributed by atoms with van der Waals surface area (Å²) in [6.45, 7) is 0. The molecule has 0 aliphatic carbocycles. The van der Waals surface area contributed by atoms with Gasteiger partial charge in [0.1, 0.15) is 5.82 Å². The number of hydrogen-bond acceptors (Lipinski definition) is 4. The summed E-state index contributed by atoms with van der Waals surface area (Å²) in [5.41, 5.74) is 4.18. The number of nitrogens with zero attached hydrogens (tertiary/aromatic N) is 1. The summed E-state index contributed by atoms with van der Waals surface area (Å²) >= 11 is 4.99. The molecule has 0 aliphatic rings. The molecule has 1 heterocycles. The topological polar surface area (TPSA) is 50.9 Å². The molecule has 3 aromatic rings. The minimum absolute atomic E-state index is 0.284. The monoisotopic (exact) mass is 365 g/mol. The summed E-state index contributed by atoms with van der Waals surface area (Å²) < 4.78 is 15.9. The lowest BCUT2D eigenvalue weighted by atomic mass is 10.0. The molecule has 3 rings (SSSR count). The second-order valence-electron chi connectivity index (χ2n) is 4.63. The van der Waals surface area contributed by atoms with Crippen LogP contribution in [0.15, 0.2) is 46.9 Å². The Balaban J connectivity index is 1.94. The van der Waals surface area contributed by atoms with Crippen molar-refractivity contribution in [3.8, 4) is 0 Å². The van der Waals surface area contributed by atoms with Gasteiger partial charge < -0.3 is 0 Å². The van der Waals surface area contributed by atoms with Crippen LogP contribution in [0.2, 0.25) is 0 Å². The highest BCUT2D eigenvalue weighted by atomic mass is 79.9. The lowest BCUT2D eigenvalue weighted by molar-refractivity contribution is 0.508. The molecule has 108 valence electrons. The van der Waals surface area contributed by atoms with Crippen molar-refractivity contribution in [1.29, 1.82) is 0 Å². The van der Waals surface area contributed by atoms with Gasteiger partial charge in [-0.3, -0.25) is 11.3 Å². The third-order valence-electron chi connectivity index (χ3n) is 3.27. The van der Waals surface area contributed by atoms with E-state index < -0.39 is 0 Å². The molecule has 0 spiro atoms. The first kappa shape index (κ1) is 14.6. The number of fused-ring (bicyclic) bond motifs is 1. The Morgan fingerprint density at radius 3 is 2.76 bits per heavy atom. The van der Waals surface area contributed by atoms with Crippen molar-refractivity contribution >= 4 is 37.5 Å². The van der Waals surface area contributed by atoms with Gasteiger partial charge in [0.25, 0.3) is 0 Å². The number of rotatable bonds is 4. The molecule has 0 bridgehead atoms. The van der Waals surface area contributed by atoms with E-state index in [1.807, 2.05) is 24.3 Å². The van der Waals surface area contributed by atoms with Gasteiger partial charge in [-0.05, 0) is 24.3 Å². The molecule has 3 N–H and O–H groups in total. The quantitative estimate of drug-likeness (QED) is 0.543. The third kappa shape index (κ3) is 2.98. The first-order valence-corrected chi connectivity index (χ1v) is 8.04. The molecule has 3 nitrogen and oxygen atoms in total. The minimum atomic E-state index is -0.332. The third-order valence-corrected chi connectivity index (χ3v) is 5.02. The average Bonchev–Trinajstić information content (AvgIpc) is 2.88. The standard InChI is InChI=1S/C15H13BrFN3S/c16-9-4-3-5-10(17)15(9)12(20-18)8-14-19-11-6-1-2-7-13(11)21-14/h1-7,12,20H,8,18H2. The number of aromatic nitrogens is 1. The van der Waals surface area contributed by atoms with Gasteiger partial charge in [0, 0.05) is 16.5 Å². The van der Waals surface area contributed by atoms with Crippen LogP contribution in [0.5, 0.6) is 0 Å². The second kappa shape index (κ2) is 6.19. The van der Waals surface area contributed by atoms with Crippen molar-refractivity contribution in [3.63, 3.8) is 0 Å². The molecule has 0 aliphatic heterocycles. The first-order valence-electron chi connectivity index (χ1n) is 6.43. The maximum Gasteiger partial charge on any atom is 0.129 e. The number of nitrogens with two attached hydrogens (primary N) is 1. The zero-order valence-electron chi connectivity index (χ0n) is 11.0. The van der Waals surface area contributed by atoms with Crippen molar-refractivity contribution in [3.05, 3.63) is 63.3 Å². The number of benzene rings is 2. The van der Waals surface area contributed by atoms with E-state index in [2.05, 4.69) is 26.3 Å². The second-order valence-corrected chi connectivity index (χ2v) is 6.60. The number of halogens is 2. The van der Waals surface area contributed by atoms with Crippen LogP contribution in [0.1, 0.15) is 16.6 Å². The molecule has 1 atom stereocenters. The minimum Gasteiger partial charge on any atom is -0.271 e. The summed E-state index contributed by atoms with van der Waals surface area (Å²) in [5, 5.41) is 0.925. The van der Waals surface area contributed by atoms with Gasteiger partial charge in [-0.15, -0.1) is 11.3 Å². The number of hydrazine groups is 1. The highest BCUT2D eigenvalue weighted by Crippen LogP contribution is 2.30. The fourth-order valence-corrected chi connectivity index (χ4v) is 3.90. The maximum atomic E-state index is 14.1. The van der Waals surface area contributed by atoms with Crippen molar-refractivity contribution in [2.45, 2.75) is 12.5 Å². The largest absolute Gasteiger partial charge is 0.271 e. The molecule has 21 heavy (non-hydrogen) atoms. The Labute approximate surface area is 134 Å². The molecule has 0 radical (unpaired) electrons. The van der Waals surface area contributed by atoms with E-state index in [9.17, 15) is 4.39 Å². The van der Waals surface area contributed by atoms with Crippen LogP contribution in [0.4, 0.5) is 4.39 Å². The molecule has 2 aromatic carbocycles. The predicted molar refractivity (Wildman–Crippen MR) is 87.5 cm³/mol. The lowest BCUT2D eigenvalue weighted by Crippen LogP contribution is -2.30. The smallest absolute Gasteiger partial charge is 0.129 e. The van der Waals surface area contributed by atoms with Crippen molar-refractivity contribution < 1.29 is 4.39 Å². The van der Waals surface area contributed by atoms with E-state index in [4.69, 9.17) is 5.84 Å². The number of thiazole rings is 1. The molecule has 1 unspecified atom stereocenters. The van der Waals surface area contributed by atoms with Gasteiger partial charge in [0.2, 0.25) is 0 Å². The summed E-state index contributed by atoms with van der Waals surface area (Å²) in [5.74, 6) is 5.34. The van der Waals surface area contributed by atoms with Crippen LogP contribution in [0.25, 0.3) is 10.2 Å². The van der Waals surface area contributed by atoms with Crippen LogP contribution in [-0.4, -0.2) is 4.98 Å². The fraction of sp³-hybridized carbons (Fsp3) is 0.133. The van der Waals surface area contributed by atoms with Crippen LogP contribution in [-0.2, 0) is 6.42 Å². The SMILES string of the molecule is NNC(Cc1nc2ccccc2s1)c1c(F)cccc1Br. The van der Waals surface area contributed by atoms with E-state index in [-0.39, 0.29) is 11.9 Å². The molecule has 0 saturated heterocycles. The van der Waals surface area contributed by atoms with Crippen LogP contribution >= 0.6 is 27.3 Å². The molecule has 0 fully saturated rings. The van der Waals surface area contributed by atoms with E-state index in [0.29, 0.717) is 16.5 Å². The van der Waals surface area contributed by atoms with Gasteiger partial charge in [-0.2, -0.15) is 0 Å². The van der Waals surface area contributed by atoms with Gasteiger partial charge in [0.15, 0.2) is 0 Å². The highest BCUT2D eigenvalue weighted by molar-refractivity contribution is 9.10. The van der Waals surface area contributed by atoms with Crippen molar-refractivity contribution in [2.75, 3.05) is 0 Å². The number of para-hydroxylation sites is 1. The zero-order valence-corrected chi connectivity index (χ0v) is 13.4. The summed E-state index contributed by atoms with van der Waals surface area (Å²) in [7, 11) is 0. The van der Waals surface area contributed by atoms with E-state index in [1.165, 1.54) is 6.07 Å². The first-order chi connectivity index (χ1) is 10.2. The van der Waals surface area contributed by atoms with Crippen LogP contribution in [0, 0.1) is 5.82 Å². The summed E-state index contributed by atoms with van der Waals surface area (Å²) in [6.07, 6.45) is 0.537. The van der Waals surface area contributed by atoms with E-state index in [0.717, 1.165) is 15.2 Å². The van der Waals surface area contributed by atoms with Gasteiger partial charge in [-0.1, -0.05) is 34.1 Å². The van der Waals surface area contributed by atoms with E-state index >= 15 is 0 Å². The Bertz CT molecular complexity index is 721. The Kier molecular flexibility index (Phi) is 4.30. The van der Waals surface area contributed by atoms with Crippen LogP contribution in [0.3, 0.4) is 0 Å². The van der Waals surface area contributed by atoms with Crippen molar-refractivity contribution in [1.82, 2.24) is 10.4 Å². The molecule has 0 saturated carbocycles. The molecule has 1 aromatic heterocycles. The van der Waals surface area contributed by atoms with Crippen LogP contribution < -0.4 is 11.3 Å². The molecular weight excluding hydrogens is 353 g/mol. The molecule has 6 heteroatoms. The van der Waals surface area contributed by atoms with Crippen molar-refractivity contribution in [2.24, 2.45) is 5.84 Å². The maximum absolute atomic E-state index is 14.1. The van der Waals surface area contributed by atoms with Gasteiger partial charge >= 0.3 is 0 Å². The zero-order chi connectivity index (χ0) is 14.8. The Morgan fingerprint density at radius 1 is 1.24 bits per heavy atom. The number of nitrogens with one attached hydrogen (secondary N) is 1. The Hall–Kier alpha value is -1.34.